The Morgan fingerprint density at radius 1 is 1.00 bits per heavy atom. The van der Waals surface area contributed by atoms with Crippen molar-refractivity contribution in [2.75, 3.05) is 39.8 Å². The first-order valence-corrected chi connectivity index (χ1v) is 9.82. The van der Waals surface area contributed by atoms with Gasteiger partial charge in [-0.25, -0.2) is 0 Å². The molecule has 3 rings (SSSR count). The Labute approximate surface area is 158 Å². The first kappa shape index (κ1) is 19.2. The minimum absolute atomic E-state index is 0.579. The molecular weight excluding hydrogens is 322 g/mol. The van der Waals surface area contributed by atoms with Crippen molar-refractivity contribution in [2.24, 2.45) is 5.92 Å². The van der Waals surface area contributed by atoms with Gasteiger partial charge in [-0.1, -0.05) is 43.7 Å². The standard InChI is InChI=1S/C22H33N3O/c1-17(2)21(25-13-11-24(4)12-14-25)16-23-15-20-9-10-22(26-20)19-7-5-18(3)6-8-19/h5-10,17,21,23H,11-16H2,1-4H3. The normalized spacial score (nSPS) is 17.7. The molecule has 0 bridgehead atoms. The minimum atomic E-state index is 0.579. The van der Waals surface area contributed by atoms with E-state index in [1.54, 1.807) is 0 Å². The van der Waals surface area contributed by atoms with Gasteiger partial charge in [-0.2, -0.15) is 0 Å². The fraction of sp³-hybridized carbons (Fsp3) is 0.545. The molecular formula is C22H33N3O. The van der Waals surface area contributed by atoms with Crippen LogP contribution >= 0.6 is 0 Å². The zero-order valence-corrected chi connectivity index (χ0v) is 16.7. The van der Waals surface area contributed by atoms with Gasteiger partial charge in [0.2, 0.25) is 0 Å². The molecule has 0 radical (unpaired) electrons. The summed E-state index contributed by atoms with van der Waals surface area (Å²) in [7, 11) is 2.21. The minimum Gasteiger partial charge on any atom is -0.460 e. The molecule has 0 amide bonds. The number of rotatable bonds is 7. The Morgan fingerprint density at radius 3 is 2.35 bits per heavy atom. The number of nitrogens with one attached hydrogen (secondary N) is 1. The van der Waals surface area contributed by atoms with Gasteiger partial charge in [0.05, 0.1) is 6.54 Å². The summed E-state index contributed by atoms with van der Waals surface area (Å²) in [5, 5.41) is 3.62. The molecule has 142 valence electrons. The van der Waals surface area contributed by atoms with Crippen LogP contribution in [0.5, 0.6) is 0 Å². The summed E-state index contributed by atoms with van der Waals surface area (Å²) in [4.78, 5) is 5.05. The molecule has 1 atom stereocenters. The number of benzene rings is 1. The van der Waals surface area contributed by atoms with E-state index in [4.69, 9.17) is 4.42 Å². The van der Waals surface area contributed by atoms with E-state index in [9.17, 15) is 0 Å². The third-order valence-electron chi connectivity index (χ3n) is 5.43. The summed E-state index contributed by atoms with van der Waals surface area (Å²) in [6.07, 6.45) is 0. The zero-order valence-electron chi connectivity index (χ0n) is 16.7. The lowest BCUT2D eigenvalue weighted by Crippen LogP contribution is -2.53. The van der Waals surface area contributed by atoms with E-state index in [1.807, 2.05) is 0 Å². The largest absolute Gasteiger partial charge is 0.460 e. The summed E-state index contributed by atoms with van der Waals surface area (Å²) in [6, 6.07) is 13.2. The van der Waals surface area contributed by atoms with Crippen LogP contribution in [-0.2, 0) is 6.54 Å². The van der Waals surface area contributed by atoms with E-state index in [0.29, 0.717) is 12.0 Å². The van der Waals surface area contributed by atoms with Gasteiger partial charge in [-0.3, -0.25) is 4.90 Å². The summed E-state index contributed by atoms with van der Waals surface area (Å²) < 4.78 is 6.03. The Kier molecular flexibility index (Phi) is 6.52. The third-order valence-corrected chi connectivity index (χ3v) is 5.43. The lowest BCUT2D eigenvalue weighted by atomic mass is 10.0. The molecule has 1 aromatic carbocycles. The molecule has 1 aliphatic heterocycles. The smallest absolute Gasteiger partial charge is 0.134 e. The fourth-order valence-electron chi connectivity index (χ4n) is 3.63. The first-order chi connectivity index (χ1) is 12.5. The van der Waals surface area contributed by atoms with Gasteiger partial charge in [-0.15, -0.1) is 0 Å². The SMILES string of the molecule is Cc1ccc(-c2ccc(CNCC(C(C)C)N3CCN(C)CC3)o2)cc1. The maximum Gasteiger partial charge on any atom is 0.134 e. The van der Waals surface area contributed by atoms with E-state index < -0.39 is 0 Å². The average Bonchev–Trinajstić information content (AvgIpc) is 3.09. The lowest BCUT2D eigenvalue weighted by Gasteiger charge is -2.40. The number of furan rings is 1. The van der Waals surface area contributed by atoms with Gasteiger partial charge >= 0.3 is 0 Å². The van der Waals surface area contributed by atoms with Gasteiger partial charge in [0, 0.05) is 44.3 Å². The van der Waals surface area contributed by atoms with Gasteiger partial charge in [-0.05, 0) is 32.0 Å². The van der Waals surface area contributed by atoms with Crippen molar-refractivity contribution in [1.29, 1.82) is 0 Å². The van der Waals surface area contributed by atoms with Crippen LogP contribution in [0.1, 0.15) is 25.2 Å². The maximum absolute atomic E-state index is 6.03. The van der Waals surface area contributed by atoms with Crippen molar-refractivity contribution in [3.8, 4) is 11.3 Å². The van der Waals surface area contributed by atoms with E-state index in [0.717, 1.165) is 30.2 Å². The van der Waals surface area contributed by atoms with Crippen molar-refractivity contribution in [1.82, 2.24) is 15.1 Å². The summed E-state index contributed by atoms with van der Waals surface area (Å²) in [6.45, 7) is 13.2. The highest BCUT2D eigenvalue weighted by molar-refractivity contribution is 5.57. The first-order valence-electron chi connectivity index (χ1n) is 9.82. The molecule has 0 saturated carbocycles. The molecule has 1 aliphatic rings. The predicted molar refractivity (Wildman–Crippen MR) is 108 cm³/mol. The van der Waals surface area contributed by atoms with Crippen LogP contribution in [0.2, 0.25) is 0 Å². The quantitative estimate of drug-likeness (QED) is 0.822. The van der Waals surface area contributed by atoms with E-state index >= 15 is 0 Å². The van der Waals surface area contributed by atoms with Gasteiger partial charge in [0.15, 0.2) is 0 Å². The van der Waals surface area contributed by atoms with Gasteiger partial charge in [0.25, 0.3) is 0 Å². The Morgan fingerprint density at radius 2 is 1.69 bits per heavy atom. The predicted octanol–water partition coefficient (Wildman–Crippen LogP) is 3.62. The molecule has 0 aliphatic carbocycles. The highest BCUT2D eigenvalue weighted by Crippen LogP contribution is 2.22. The molecule has 1 saturated heterocycles. The molecule has 1 aromatic heterocycles. The molecule has 4 heteroatoms. The van der Waals surface area contributed by atoms with Crippen molar-refractivity contribution in [2.45, 2.75) is 33.4 Å². The second-order valence-electron chi connectivity index (χ2n) is 7.91. The molecule has 1 unspecified atom stereocenters. The number of aryl methyl sites for hydroxylation is 1. The summed E-state index contributed by atoms with van der Waals surface area (Å²) in [5.41, 5.74) is 2.41. The molecule has 1 fully saturated rings. The number of likely N-dealkylation sites (N-methyl/N-ethyl adjacent to an activating group) is 1. The highest BCUT2D eigenvalue weighted by atomic mass is 16.3. The Hall–Kier alpha value is -1.62. The molecule has 1 N–H and O–H groups in total. The van der Waals surface area contributed by atoms with Crippen LogP contribution in [0.4, 0.5) is 0 Å². The van der Waals surface area contributed by atoms with Crippen molar-refractivity contribution in [3.05, 3.63) is 47.7 Å². The topological polar surface area (TPSA) is 31.6 Å². The van der Waals surface area contributed by atoms with Crippen molar-refractivity contribution >= 4 is 0 Å². The Balaban J connectivity index is 1.52. The Bertz CT molecular complexity index is 669. The van der Waals surface area contributed by atoms with Crippen molar-refractivity contribution < 1.29 is 4.42 Å². The number of piperazine rings is 1. The van der Waals surface area contributed by atoms with Crippen LogP contribution in [0.25, 0.3) is 11.3 Å². The summed E-state index contributed by atoms with van der Waals surface area (Å²) in [5.74, 6) is 2.59. The fourth-order valence-corrected chi connectivity index (χ4v) is 3.63. The lowest BCUT2D eigenvalue weighted by molar-refractivity contribution is 0.0872. The van der Waals surface area contributed by atoms with Crippen LogP contribution in [0, 0.1) is 12.8 Å². The van der Waals surface area contributed by atoms with Crippen LogP contribution in [0.3, 0.4) is 0 Å². The molecule has 4 nitrogen and oxygen atoms in total. The second kappa shape index (κ2) is 8.85. The monoisotopic (exact) mass is 355 g/mol. The summed E-state index contributed by atoms with van der Waals surface area (Å²) >= 11 is 0. The van der Waals surface area contributed by atoms with Crippen LogP contribution in [-0.4, -0.2) is 55.6 Å². The molecule has 2 heterocycles. The van der Waals surface area contributed by atoms with Gasteiger partial charge in [0.1, 0.15) is 11.5 Å². The average molecular weight is 356 g/mol. The number of hydrogen-bond donors (Lipinski definition) is 1. The van der Waals surface area contributed by atoms with E-state index in [2.05, 4.69) is 79.3 Å². The van der Waals surface area contributed by atoms with E-state index in [-0.39, 0.29) is 0 Å². The van der Waals surface area contributed by atoms with E-state index in [1.165, 1.54) is 31.7 Å². The number of nitrogens with zero attached hydrogens (tertiary/aromatic N) is 2. The molecule has 0 spiro atoms. The van der Waals surface area contributed by atoms with Gasteiger partial charge < -0.3 is 14.6 Å². The molecule has 2 aromatic rings. The van der Waals surface area contributed by atoms with Crippen LogP contribution < -0.4 is 5.32 Å². The second-order valence-corrected chi connectivity index (χ2v) is 7.91. The highest BCUT2D eigenvalue weighted by Gasteiger charge is 2.24. The van der Waals surface area contributed by atoms with Crippen molar-refractivity contribution in [3.63, 3.8) is 0 Å². The third kappa shape index (κ3) is 4.97. The van der Waals surface area contributed by atoms with Crippen LogP contribution in [0.15, 0.2) is 40.8 Å². The maximum atomic E-state index is 6.03. The number of hydrogen-bond acceptors (Lipinski definition) is 4. The molecule has 26 heavy (non-hydrogen) atoms. The zero-order chi connectivity index (χ0) is 18.5.